The predicted octanol–water partition coefficient (Wildman–Crippen LogP) is 1.97. The van der Waals surface area contributed by atoms with E-state index in [4.69, 9.17) is 5.73 Å². The molecule has 28 heavy (non-hydrogen) atoms. The van der Waals surface area contributed by atoms with Crippen LogP contribution in [0, 0.1) is 5.92 Å². The molecular weight excluding hydrogens is 358 g/mol. The fourth-order valence-corrected chi connectivity index (χ4v) is 3.03. The van der Waals surface area contributed by atoms with Crippen molar-refractivity contribution in [2.45, 2.75) is 20.4 Å². The van der Waals surface area contributed by atoms with E-state index in [1.54, 1.807) is 24.3 Å². The zero-order chi connectivity index (χ0) is 20.4. The van der Waals surface area contributed by atoms with Gasteiger partial charge in [-0.15, -0.1) is 0 Å². The van der Waals surface area contributed by atoms with Crippen molar-refractivity contribution in [1.82, 2.24) is 10.2 Å². The maximum atomic E-state index is 12.5. The van der Waals surface area contributed by atoms with E-state index in [0.717, 1.165) is 5.56 Å². The highest BCUT2D eigenvalue weighted by Gasteiger charge is 2.36. The summed E-state index contributed by atoms with van der Waals surface area (Å²) < 4.78 is 0. The Morgan fingerprint density at radius 2 is 1.57 bits per heavy atom. The highest BCUT2D eigenvalue weighted by Crippen LogP contribution is 2.25. The van der Waals surface area contributed by atoms with E-state index in [1.165, 1.54) is 23.1 Å². The number of rotatable bonds is 6. The molecule has 2 aromatic carbocycles. The second-order valence-electron chi connectivity index (χ2n) is 7.12. The molecule has 0 saturated heterocycles. The van der Waals surface area contributed by atoms with E-state index in [0.29, 0.717) is 23.2 Å². The summed E-state index contributed by atoms with van der Waals surface area (Å²) in [6, 6.07) is 11.1. The van der Waals surface area contributed by atoms with Gasteiger partial charge in [-0.3, -0.25) is 24.1 Å². The van der Waals surface area contributed by atoms with Crippen LogP contribution in [0.25, 0.3) is 0 Å². The number of primary amides is 1. The molecule has 4 amide bonds. The average molecular weight is 379 g/mol. The summed E-state index contributed by atoms with van der Waals surface area (Å²) in [5.74, 6) is -1.41. The van der Waals surface area contributed by atoms with Crippen molar-refractivity contribution in [3.63, 3.8) is 0 Å². The molecule has 0 saturated carbocycles. The summed E-state index contributed by atoms with van der Waals surface area (Å²) in [5, 5.41) is 2.76. The summed E-state index contributed by atoms with van der Waals surface area (Å²) in [6.07, 6.45) is 0. The Kier molecular flexibility index (Phi) is 5.26. The van der Waals surface area contributed by atoms with Crippen molar-refractivity contribution in [2.24, 2.45) is 11.7 Å². The number of fused-ring (bicyclic) bond motifs is 1. The van der Waals surface area contributed by atoms with Crippen molar-refractivity contribution in [3.8, 4) is 0 Å². The van der Waals surface area contributed by atoms with Crippen LogP contribution in [0.4, 0.5) is 0 Å². The summed E-state index contributed by atoms with van der Waals surface area (Å²) >= 11 is 0. The van der Waals surface area contributed by atoms with Crippen molar-refractivity contribution in [1.29, 1.82) is 0 Å². The number of carbonyl (C=O) groups excluding carboxylic acids is 4. The zero-order valence-corrected chi connectivity index (χ0v) is 15.7. The van der Waals surface area contributed by atoms with Crippen LogP contribution in [0.1, 0.15) is 60.8 Å². The normalized spacial score (nSPS) is 13.0. The van der Waals surface area contributed by atoms with Gasteiger partial charge in [-0.25, -0.2) is 0 Å². The van der Waals surface area contributed by atoms with Gasteiger partial charge in [-0.05, 0) is 41.8 Å². The van der Waals surface area contributed by atoms with Crippen LogP contribution in [0.2, 0.25) is 0 Å². The number of amides is 4. The molecule has 0 fully saturated rings. The van der Waals surface area contributed by atoms with Crippen LogP contribution >= 0.6 is 0 Å². The lowest BCUT2D eigenvalue weighted by molar-refractivity contribution is 0.0635. The maximum Gasteiger partial charge on any atom is 0.261 e. The lowest BCUT2D eigenvalue weighted by Crippen LogP contribution is -2.33. The van der Waals surface area contributed by atoms with E-state index < -0.39 is 5.91 Å². The SMILES string of the molecule is CC(C)CN1C(=O)c2ccc(C(=O)NCc3ccc(C(N)=O)cc3)cc2C1=O. The molecule has 1 aliphatic heterocycles. The van der Waals surface area contributed by atoms with E-state index in [-0.39, 0.29) is 35.7 Å². The molecule has 0 aliphatic carbocycles. The van der Waals surface area contributed by atoms with Crippen molar-refractivity contribution >= 4 is 23.6 Å². The third-order valence-electron chi connectivity index (χ3n) is 4.47. The molecule has 7 nitrogen and oxygen atoms in total. The Labute approximate surface area is 162 Å². The number of hydrogen-bond acceptors (Lipinski definition) is 4. The van der Waals surface area contributed by atoms with Gasteiger partial charge >= 0.3 is 0 Å². The topological polar surface area (TPSA) is 110 Å². The molecule has 0 radical (unpaired) electrons. The van der Waals surface area contributed by atoms with Gasteiger partial charge in [0.15, 0.2) is 0 Å². The Balaban J connectivity index is 1.71. The van der Waals surface area contributed by atoms with Crippen LogP contribution in [0.3, 0.4) is 0 Å². The van der Waals surface area contributed by atoms with Gasteiger partial charge in [0.25, 0.3) is 17.7 Å². The van der Waals surface area contributed by atoms with Gasteiger partial charge in [0.05, 0.1) is 11.1 Å². The molecule has 3 rings (SSSR count). The maximum absolute atomic E-state index is 12.5. The molecular formula is C21H21N3O4. The van der Waals surface area contributed by atoms with Crippen molar-refractivity contribution in [2.75, 3.05) is 6.54 Å². The second kappa shape index (κ2) is 7.64. The Morgan fingerprint density at radius 3 is 2.18 bits per heavy atom. The van der Waals surface area contributed by atoms with Crippen molar-refractivity contribution < 1.29 is 19.2 Å². The minimum atomic E-state index is -0.514. The molecule has 0 aromatic heterocycles. The van der Waals surface area contributed by atoms with E-state index in [2.05, 4.69) is 5.32 Å². The van der Waals surface area contributed by atoms with Gasteiger partial charge in [0.2, 0.25) is 5.91 Å². The third-order valence-corrected chi connectivity index (χ3v) is 4.47. The highest BCUT2D eigenvalue weighted by atomic mass is 16.2. The lowest BCUT2D eigenvalue weighted by atomic mass is 10.1. The summed E-state index contributed by atoms with van der Waals surface area (Å²) in [6.45, 7) is 4.45. The quantitative estimate of drug-likeness (QED) is 0.748. The second-order valence-corrected chi connectivity index (χ2v) is 7.12. The standard InChI is InChI=1S/C21H21N3O4/c1-12(2)11-24-20(27)16-8-7-15(9-17(16)21(24)28)19(26)23-10-13-3-5-14(6-4-13)18(22)25/h3-9,12H,10-11H2,1-2H3,(H2,22,25)(H,23,26). The van der Waals surface area contributed by atoms with Crippen LogP contribution in [0.5, 0.6) is 0 Å². The first-order valence-corrected chi connectivity index (χ1v) is 8.95. The van der Waals surface area contributed by atoms with E-state index in [1.807, 2.05) is 13.8 Å². The molecule has 0 bridgehead atoms. The molecule has 144 valence electrons. The number of nitrogens with one attached hydrogen (secondary N) is 1. The monoisotopic (exact) mass is 379 g/mol. The average Bonchev–Trinajstić information content (AvgIpc) is 2.90. The number of hydrogen-bond donors (Lipinski definition) is 2. The molecule has 1 aliphatic rings. The van der Waals surface area contributed by atoms with Gasteiger partial charge in [0.1, 0.15) is 0 Å². The largest absolute Gasteiger partial charge is 0.366 e. The Bertz CT molecular complexity index is 964. The molecule has 0 spiro atoms. The first-order valence-electron chi connectivity index (χ1n) is 8.95. The lowest BCUT2D eigenvalue weighted by Gasteiger charge is -2.15. The minimum Gasteiger partial charge on any atom is -0.366 e. The molecule has 7 heteroatoms. The molecule has 0 atom stereocenters. The number of nitrogens with zero attached hydrogens (tertiary/aromatic N) is 1. The first kappa shape index (κ1) is 19.3. The number of nitrogens with two attached hydrogens (primary N) is 1. The van der Waals surface area contributed by atoms with Gasteiger partial charge < -0.3 is 11.1 Å². The zero-order valence-electron chi connectivity index (χ0n) is 15.7. The van der Waals surface area contributed by atoms with Gasteiger partial charge in [-0.1, -0.05) is 26.0 Å². The Morgan fingerprint density at radius 1 is 0.964 bits per heavy atom. The van der Waals surface area contributed by atoms with Gasteiger partial charge in [0, 0.05) is 24.2 Å². The highest BCUT2D eigenvalue weighted by molar-refractivity contribution is 6.22. The van der Waals surface area contributed by atoms with Crippen LogP contribution in [-0.4, -0.2) is 35.1 Å². The Hall–Kier alpha value is -3.48. The fraction of sp³-hybridized carbons (Fsp3) is 0.238. The molecule has 1 heterocycles. The van der Waals surface area contributed by atoms with E-state index in [9.17, 15) is 19.2 Å². The van der Waals surface area contributed by atoms with Crippen molar-refractivity contribution in [3.05, 3.63) is 70.3 Å². The number of imide groups is 1. The smallest absolute Gasteiger partial charge is 0.261 e. The molecule has 3 N–H and O–H groups in total. The van der Waals surface area contributed by atoms with Crippen LogP contribution in [-0.2, 0) is 6.54 Å². The van der Waals surface area contributed by atoms with Gasteiger partial charge in [-0.2, -0.15) is 0 Å². The molecule has 2 aromatic rings. The third kappa shape index (κ3) is 3.78. The number of carbonyl (C=O) groups is 4. The minimum absolute atomic E-state index is 0.158. The summed E-state index contributed by atoms with van der Waals surface area (Å²) in [7, 11) is 0. The number of benzene rings is 2. The summed E-state index contributed by atoms with van der Waals surface area (Å²) in [5.41, 5.74) is 7.27. The van der Waals surface area contributed by atoms with Crippen LogP contribution in [0.15, 0.2) is 42.5 Å². The first-order chi connectivity index (χ1) is 13.3. The fourth-order valence-electron chi connectivity index (χ4n) is 3.03. The van der Waals surface area contributed by atoms with Crippen LogP contribution < -0.4 is 11.1 Å². The predicted molar refractivity (Wildman–Crippen MR) is 103 cm³/mol. The van der Waals surface area contributed by atoms with E-state index >= 15 is 0 Å². The summed E-state index contributed by atoms with van der Waals surface area (Å²) in [4.78, 5) is 49.7. The molecule has 0 unspecified atom stereocenters.